The van der Waals surface area contributed by atoms with Crippen LogP contribution >= 0.6 is 0 Å². The van der Waals surface area contributed by atoms with Gasteiger partial charge in [0.1, 0.15) is 12.4 Å². The van der Waals surface area contributed by atoms with E-state index >= 15 is 0 Å². The molecule has 0 aliphatic heterocycles. The van der Waals surface area contributed by atoms with Crippen molar-refractivity contribution in [3.63, 3.8) is 0 Å². The molecule has 1 heterocycles. The second-order valence-electron chi connectivity index (χ2n) is 4.89. The van der Waals surface area contributed by atoms with E-state index in [2.05, 4.69) is 33.9 Å². The molecule has 0 aromatic carbocycles. The van der Waals surface area contributed by atoms with Gasteiger partial charge in [0.05, 0.1) is 11.9 Å². The van der Waals surface area contributed by atoms with E-state index in [0.29, 0.717) is 12.4 Å². The number of ether oxygens (including phenoxy) is 1. The van der Waals surface area contributed by atoms with E-state index in [9.17, 15) is 0 Å². The molecule has 5 heteroatoms. The highest BCUT2D eigenvalue weighted by Crippen LogP contribution is 2.21. The molecule has 1 aromatic heterocycles. The minimum Gasteiger partial charge on any atom is -0.482 e. The largest absolute Gasteiger partial charge is 0.482 e. The highest BCUT2D eigenvalue weighted by Gasteiger charge is 2.07. The van der Waals surface area contributed by atoms with E-state index in [-0.39, 0.29) is 0 Å². The lowest BCUT2D eigenvalue weighted by molar-refractivity contribution is 0.349. The molecule has 0 saturated carbocycles. The summed E-state index contributed by atoms with van der Waals surface area (Å²) < 4.78 is 5.78. The zero-order chi connectivity index (χ0) is 16.2. The molecule has 120 valence electrons. The summed E-state index contributed by atoms with van der Waals surface area (Å²) in [5.41, 5.74) is 0.760. The van der Waals surface area contributed by atoms with Gasteiger partial charge < -0.3 is 10.1 Å². The van der Waals surface area contributed by atoms with Crippen molar-refractivity contribution in [2.24, 2.45) is 4.99 Å². The number of rotatable bonds is 10. The van der Waals surface area contributed by atoms with Crippen molar-refractivity contribution in [3.8, 4) is 5.75 Å². The molecule has 0 amide bonds. The van der Waals surface area contributed by atoms with E-state index in [1.54, 1.807) is 6.20 Å². The van der Waals surface area contributed by atoms with Crippen molar-refractivity contribution in [2.45, 2.75) is 40.0 Å². The summed E-state index contributed by atoms with van der Waals surface area (Å²) in [4.78, 5) is 12.6. The van der Waals surface area contributed by atoms with Gasteiger partial charge in [-0.1, -0.05) is 31.9 Å². The number of unbranched alkanes of at least 4 members (excludes halogenated alkanes) is 2. The van der Waals surface area contributed by atoms with Crippen LogP contribution in [0.5, 0.6) is 5.75 Å². The van der Waals surface area contributed by atoms with Crippen molar-refractivity contribution in [2.75, 3.05) is 18.5 Å². The lowest BCUT2D eigenvalue weighted by atomic mass is 10.2. The van der Waals surface area contributed by atoms with Gasteiger partial charge >= 0.3 is 0 Å². The number of aliphatic imine (C=N–C) groups is 1. The summed E-state index contributed by atoms with van der Waals surface area (Å²) >= 11 is 0. The molecule has 22 heavy (non-hydrogen) atoms. The van der Waals surface area contributed by atoms with Gasteiger partial charge in [-0.2, -0.15) is 0 Å². The quantitative estimate of drug-likeness (QED) is 0.404. The van der Waals surface area contributed by atoms with Crippen LogP contribution in [0.3, 0.4) is 0 Å². The summed E-state index contributed by atoms with van der Waals surface area (Å²) in [5, 5.41) is 3.32. The smallest absolute Gasteiger partial charge is 0.180 e. The standard InChI is InChI=1S/C17H26N4O/c1-5-7-9-11-19-17-16(12-20-14(3)21-17)22-13-15(18-4)10-8-6-2/h6,8,10,12H,4-5,7,9,11,13H2,1-3H3,(H,19,20,21)/b8-6-,15-10-. The van der Waals surface area contributed by atoms with Crippen LogP contribution in [-0.4, -0.2) is 29.8 Å². The summed E-state index contributed by atoms with van der Waals surface area (Å²) in [5.74, 6) is 2.09. The maximum absolute atomic E-state index is 5.78. The zero-order valence-electron chi connectivity index (χ0n) is 13.8. The van der Waals surface area contributed by atoms with Crippen LogP contribution in [0.2, 0.25) is 0 Å². The minimum absolute atomic E-state index is 0.337. The fraction of sp³-hybridized carbons (Fsp3) is 0.471. The first-order valence-corrected chi connectivity index (χ1v) is 7.70. The first kappa shape index (κ1) is 17.9. The Balaban J connectivity index is 2.70. The average molecular weight is 302 g/mol. The van der Waals surface area contributed by atoms with Crippen LogP contribution in [0, 0.1) is 6.92 Å². The number of anilines is 1. The maximum Gasteiger partial charge on any atom is 0.180 e. The Labute approximate surface area is 133 Å². The fourth-order valence-electron chi connectivity index (χ4n) is 1.78. The van der Waals surface area contributed by atoms with Gasteiger partial charge in [-0.25, -0.2) is 9.97 Å². The maximum atomic E-state index is 5.78. The van der Waals surface area contributed by atoms with Gasteiger partial charge in [0.2, 0.25) is 0 Å². The molecule has 0 bridgehead atoms. The van der Waals surface area contributed by atoms with Crippen LogP contribution in [0.4, 0.5) is 5.82 Å². The van der Waals surface area contributed by atoms with Gasteiger partial charge in [0.25, 0.3) is 0 Å². The van der Waals surface area contributed by atoms with E-state index in [4.69, 9.17) is 4.74 Å². The third-order valence-electron chi connectivity index (χ3n) is 3.01. The molecule has 0 aliphatic carbocycles. The van der Waals surface area contributed by atoms with Crippen LogP contribution in [0.1, 0.15) is 38.9 Å². The molecule has 0 atom stereocenters. The first-order chi connectivity index (χ1) is 10.7. The van der Waals surface area contributed by atoms with E-state index in [1.165, 1.54) is 12.8 Å². The fourth-order valence-corrected chi connectivity index (χ4v) is 1.78. The van der Waals surface area contributed by atoms with Crippen LogP contribution in [-0.2, 0) is 0 Å². The number of hydrogen-bond donors (Lipinski definition) is 1. The Hall–Kier alpha value is -2.17. The SMILES string of the molecule is C=N/C(=C\C=C/C)COc1cnc(C)nc1NCCCCC. The molecule has 0 saturated heterocycles. The van der Waals surface area contributed by atoms with Gasteiger partial charge in [-0.15, -0.1) is 0 Å². The molecule has 1 N–H and O–H groups in total. The number of aryl methyl sites for hydroxylation is 1. The first-order valence-electron chi connectivity index (χ1n) is 7.70. The number of nitrogens with one attached hydrogen (secondary N) is 1. The molecule has 0 spiro atoms. The predicted molar refractivity (Wildman–Crippen MR) is 92.7 cm³/mol. The van der Waals surface area contributed by atoms with Gasteiger partial charge in [-0.05, 0) is 33.1 Å². The van der Waals surface area contributed by atoms with Crippen LogP contribution in [0.15, 0.2) is 35.1 Å². The number of nitrogens with zero attached hydrogens (tertiary/aromatic N) is 3. The van der Waals surface area contributed by atoms with E-state index in [0.717, 1.165) is 30.3 Å². The predicted octanol–water partition coefficient (Wildman–Crippen LogP) is 3.93. The second-order valence-corrected chi connectivity index (χ2v) is 4.89. The Morgan fingerprint density at radius 1 is 1.45 bits per heavy atom. The van der Waals surface area contributed by atoms with Crippen molar-refractivity contribution < 1.29 is 4.74 Å². The van der Waals surface area contributed by atoms with Crippen molar-refractivity contribution in [1.82, 2.24) is 9.97 Å². The molecule has 1 rings (SSSR count). The highest BCUT2D eigenvalue weighted by atomic mass is 16.5. The van der Waals surface area contributed by atoms with Gasteiger partial charge in [-0.3, -0.25) is 4.99 Å². The zero-order valence-corrected chi connectivity index (χ0v) is 13.8. The van der Waals surface area contributed by atoms with Gasteiger partial charge in [0.15, 0.2) is 11.6 Å². The van der Waals surface area contributed by atoms with Crippen LogP contribution < -0.4 is 10.1 Å². The summed E-state index contributed by atoms with van der Waals surface area (Å²) in [6.07, 6.45) is 10.9. The molecule has 0 unspecified atom stereocenters. The molecule has 1 aromatic rings. The topological polar surface area (TPSA) is 59.4 Å². The summed E-state index contributed by atoms with van der Waals surface area (Å²) in [6.45, 7) is 10.8. The van der Waals surface area contributed by atoms with E-state index < -0.39 is 0 Å². The third kappa shape index (κ3) is 6.52. The highest BCUT2D eigenvalue weighted by molar-refractivity contribution is 5.48. The van der Waals surface area contributed by atoms with Gasteiger partial charge in [0, 0.05) is 6.54 Å². The Morgan fingerprint density at radius 3 is 2.95 bits per heavy atom. The van der Waals surface area contributed by atoms with E-state index in [1.807, 2.05) is 32.1 Å². The van der Waals surface area contributed by atoms with Crippen molar-refractivity contribution in [3.05, 3.63) is 35.9 Å². The summed E-state index contributed by atoms with van der Waals surface area (Å²) in [6, 6.07) is 0. The van der Waals surface area contributed by atoms with Crippen LogP contribution in [0.25, 0.3) is 0 Å². The second kappa shape index (κ2) is 10.5. The molecular formula is C17H26N4O. The lowest BCUT2D eigenvalue weighted by Gasteiger charge is -2.12. The van der Waals surface area contributed by atoms with Crippen molar-refractivity contribution >= 4 is 12.5 Å². The number of hydrogen-bond acceptors (Lipinski definition) is 5. The number of allylic oxidation sites excluding steroid dienone is 3. The minimum atomic E-state index is 0.337. The number of aromatic nitrogens is 2. The Bertz CT molecular complexity index is 523. The normalized spacial score (nSPS) is 11.7. The average Bonchev–Trinajstić information content (AvgIpc) is 2.53. The third-order valence-corrected chi connectivity index (χ3v) is 3.01. The molecular weight excluding hydrogens is 276 g/mol. The lowest BCUT2D eigenvalue weighted by Crippen LogP contribution is -2.09. The molecule has 0 radical (unpaired) electrons. The molecule has 5 nitrogen and oxygen atoms in total. The Kier molecular flexibility index (Phi) is 8.57. The molecule has 0 aliphatic rings. The molecule has 0 fully saturated rings. The Morgan fingerprint density at radius 2 is 2.27 bits per heavy atom. The van der Waals surface area contributed by atoms with Crippen molar-refractivity contribution in [1.29, 1.82) is 0 Å². The summed E-state index contributed by atoms with van der Waals surface area (Å²) in [7, 11) is 0. The monoisotopic (exact) mass is 302 g/mol.